The topological polar surface area (TPSA) is 98.7 Å². The number of hydrogen-bond donors (Lipinski definition) is 3. The molecule has 0 bridgehead atoms. The van der Waals surface area contributed by atoms with Crippen LogP contribution in [0.3, 0.4) is 0 Å². The van der Waals surface area contributed by atoms with Crippen molar-refractivity contribution in [1.29, 1.82) is 0 Å². The third-order valence-corrected chi connectivity index (χ3v) is 3.55. The summed E-state index contributed by atoms with van der Waals surface area (Å²) >= 11 is 0. The van der Waals surface area contributed by atoms with Gasteiger partial charge >= 0.3 is 12.0 Å². The second-order valence-corrected chi connectivity index (χ2v) is 6.59. The molecule has 7 heteroatoms. The van der Waals surface area contributed by atoms with Crippen molar-refractivity contribution in [2.24, 2.45) is 0 Å². The van der Waals surface area contributed by atoms with E-state index in [9.17, 15) is 14.4 Å². The van der Waals surface area contributed by atoms with Gasteiger partial charge in [-0.2, -0.15) is 0 Å². The summed E-state index contributed by atoms with van der Waals surface area (Å²) in [6, 6.07) is 4.66. The Morgan fingerprint density at radius 2 is 1.83 bits per heavy atom. The van der Waals surface area contributed by atoms with E-state index in [1.807, 2.05) is 6.92 Å². The molecular formula is C17H25N3O4. The van der Waals surface area contributed by atoms with Crippen LogP contribution in [-0.2, 0) is 4.79 Å². The number of hydrogen-bond acceptors (Lipinski definition) is 3. The second kappa shape index (κ2) is 7.81. The quantitative estimate of drug-likeness (QED) is 0.743. The zero-order valence-corrected chi connectivity index (χ0v) is 14.8. The zero-order valence-electron chi connectivity index (χ0n) is 14.8. The monoisotopic (exact) mass is 335 g/mol. The normalized spacial score (nSPS) is 10.9. The number of carboxylic acid groups (broad SMARTS) is 1. The highest BCUT2D eigenvalue weighted by Crippen LogP contribution is 2.17. The standard InChI is InChI=1S/C17H25N3O4/c1-11-6-7-12(10-13(11)15(23)20(4)5)18-16(24)19-17(2,3)9-8-14(21)22/h6-7,10H,8-9H2,1-5H3,(H,21,22)(H2,18,19,24). The van der Waals surface area contributed by atoms with Crippen LogP contribution >= 0.6 is 0 Å². The molecule has 1 aromatic carbocycles. The molecule has 0 aliphatic heterocycles. The number of carbonyl (C=O) groups excluding carboxylic acids is 2. The van der Waals surface area contributed by atoms with Crippen molar-refractivity contribution in [3.63, 3.8) is 0 Å². The smallest absolute Gasteiger partial charge is 0.319 e. The summed E-state index contributed by atoms with van der Waals surface area (Å²) in [7, 11) is 3.33. The first kappa shape index (κ1) is 19.5. The van der Waals surface area contributed by atoms with Gasteiger partial charge in [-0.25, -0.2) is 4.79 Å². The van der Waals surface area contributed by atoms with E-state index in [4.69, 9.17) is 5.11 Å². The average molecular weight is 335 g/mol. The van der Waals surface area contributed by atoms with Crippen molar-refractivity contribution in [1.82, 2.24) is 10.2 Å². The molecule has 0 fully saturated rings. The molecule has 3 N–H and O–H groups in total. The number of anilines is 1. The van der Waals surface area contributed by atoms with Gasteiger partial charge < -0.3 is 20.6 Å². The number of benzene rings is 1. The van der Waals surface area contributed by atoms with Gasteiger partial charge in [-0.3, -0.25) is 9.59 Å². The fourth-order valence-corrected chi connectivity index (χ4v) is 2.12. The molecule has 0 unspecified atom stereocenters. The molecule has 3 amide bonds. The van der Waals surface area contributed by atoms with E-state index in [1.54, 1.807) is 46.1 Å². The Bertz CT molecular complexity index is 639. The lowest BCUT2D eigenvalue weighted by atomic mass is 9.99. The second-order valence-electron chi connectivity index (χ2n) is 6.59. The SMILES string of the molecule is Cc1ccc(NC(=O)NC(C)(C)CCC(=O)O)cc1C(=O)N(C)C. The van der Waals surface area contributed by atoms with Gasteiger partial charge in [0.15, 0.2) is 0 Å². The minimum Gasteiger partial charge on any atom is -0.481 e. The number of nitrogens with one attached hydrogen (secondary N) is 2. The number of nitrogens with zero attached hydrogens (tertiary/aromatic N) is 1. The predicted molar refractivity (Wildman–Crippen MR) is 92.3 cm³/mol. The van der Waals surface area contributed by atoms with E-state index in [2.05, 4.69) is 10.6 Å². The molecule has 0 spiro atoms. The molecule has 0 heterocycles. The Balaban J connectivity index is 2.79. The van der Waals surface area contributed by atoms with Crippen molar-refractivity contribution in [2.75, 3.05) is 19.4 Å². The third kappa shape index (κ3) is 5.91. The summed E-state index contributed by atoms with van der Waals surface area (Å²) < 4.78 is 0. The lowest BCUT2D eigenvalue weighted by molar-refractivity contribution is -0.137. The van der Waals surface area contributed by atoms with E-state index in [-0.39, 0.29) is 12.3 Å². The average Bonchev–Trinajstić information content (AvgIpc) is 2.46. The van der Waals surface area contributed by atoms with Crippen molar-refractivity contribution >= 4 is 23.6 Å². The lowest BCUT2D eigenvalue weighted by Crippen LogP contribution is -2.45. The first-order valence-corrected chi connectivity index (χ1v) is 7.65. The highest BCUT2D eigenvalue weighted by molar-refractivity contribution is 5.98. The summed E-state index contributed by atoms with van der Waals surface area (Å²) in [6.45, 7) is 5.34. The highest BCUT2D eigenvalue weighted by Gasteiger charge is 2.22. The minimum atomic E-state index is -0.907. The fraction of sp³-hybridized carbons (Fsp3) is 0.471. The number of carboxylic acids is 1. The summed E-state index contributed by atoms with van der Waals surface area (Å²) in [5.74, 6) is -1.05. The maximum absolute atomic E-state index is 12.1. The van der Waals surface area contributed by atoms with Gasteiger partial charge in [0, 0.05) is 37.3 Å². The molecule has 0 aliphatic carbocycles. The van der Waals surface area contributed by atoms with Gasteiger partial charge in [-0.1, -0.05) is 6.07 Å². The van der Waals surface area contributed by atoms with Gasteiger partial charge in [0.2, 0.25) is 0 Å². The van der Waals surface area contributed by atoms with Crippen molar-refractivity contribution in [2.45, 2.75) is 39.2 Å². The summed E-state index contributed by atoms with van der Waals surface area (Å²) in [6.07, 6.45) is 0.285. The summed E-state index contributed by atoms with van der Waals surface area (Å²) in [5.41, 5.74) is 1.18. The van der Waals surface area contributed by atoms with Crippen LogP contribution in [0.4, 0.5) is 10.5 Å². The number of carbonyl (C=O) groups is 3. The Labute approximate surface area is 142 Å². The Kier molecular flexibility index (Phi) is 6.34. The number of rotatable bonds is 6. The van der Waals surface area contributed by atoms with E-state index in [0.29, 0.717) is 17.7 Å². The molecule has 0 saturated heterocycles. The maximum atomic E-state index is 12.1. The van der Waals surface area contributed by atoms with Crippen LogP contribution in [0.2, 0.25) is 0 Å². The largest absolute Gasteiger partial charge is 0.481 e. The Morgan fingerprint density at radius 1 is 1.21 bits per heavy atom. The molecule has 24 heavy (non-hydrogen) atoms. The van der Waals surface area contributed by atoms with Crippen LogP contribution in [0, 0.1) is 6.92 Å². The van der Waals surface area contributed by atoms with E-state index >= 15 is 0 Å². The molecule has 0 saturated carbocycles. The zero-order chi connectivity index (χ0) is 18.5. The molecule has 0 aromatic heterocycles. The van der Waals surface area contributed by atoms with Gasteiger partial charge in [-0.05, 0) is 44.9 Å². The fourth-order valence-electron chi connectivity index (χ4n) is 2.12. The first-order chi connectivity index (χ1) is 11.0. The molecule has 0 aliphatic rings. The van der Waals surface area contributed by atoms with Gasteiger partial charge in [0.25, 0.3) is 5.91 Å². The van der Waals surface area contributed by atoms with Crippen molar-refractivity contribution < 1.29 is 19.5 Å². The summed E-state index contributed by atoms with van der Waals surface area (Å²) in [5, 5.41) is 14.2. The predicted octanol–water partition coefficient (Wildman–Crippen LogP) is 2.46. The van der Waals surface area contributed by atoms with Gasteiger partial charge in [0.1, 0.15) is 0 Å². The molecule has 132 valence electrons. The molecular weight excluding hydrogens is 310 g/mol. The van der Waals surface area contributed by atoms with Crippen LogP contribution in [0.1, 0.15) is 42.6 Å². The van der Waals surface area contributed by atoms with E-state index in [1.165, 1.54) is 4.90 Å². The summed E-state index contributed by atoms with van der Waals surface area (Å²) in [4.78, 5) is 36.4. The third-order valence-electron chi connectivity index (χ3n) is 3.55. The molecule has 7 nitrogen and oxygen atoms in total. The lowest BCUT2D eigenvalue weighted by Gasteiger charge is -2.25. The first-order valence-electron chi connectivity index (χ1n) is 7.65. The number of urea groups is 1. The van der Waals surface area contributed by atoms with Crippen molar-refractivity contribution in [3.8, 4) is 0 Å². The van der Waals surface area contributed by atoms with Crippen LogP contribution in [0.15, 0.2) is 18.2 Å². The maximum Gasteiger partial charge on any atom is 0.319 e. The minimum absolute atomic E-state index is 0.0285. The van der Waals surface area contributed by atoms with Crippen LogP contribution in [-0.4, -0.2) is 47.5 Å². The molecule has 1 rings (SSSR count). The molecule has 1 aromatic rings. The number of amides is 3. The van der Waals surface area contributed by atoms with Crippen LogP contribution < -0.4 is 10.6 Å². The van der Waals surface area contributed by atoms with E-state index in [0.717, 1.165) is 5.56 Å². The van der Waals surface area contributed by atoms with E-state index < -0.39 is 17.5 Å². The van der Waals surface area contributed by atoms with Crippen LogP contribution in [0.5, 0.6) is 0 Å². The highest BCUT2D eigenvalue weighted by atomic mass is 16.4. The van der Waals surface area contributed by atoms with Gasteiger partial charge in [0.05, 0.1) is 0 Å². The molecule has 0 atom stereocenters. The Hall–Kier alpha value is -2.57. The Morgan fingerprint density at radius 3 is 2.38 bits per heavy atom. The number of aliphatic carboxylic acids is 1. The van der Waals surface area contributed by atoms with Crippen LogP contribution in [0.25, 0.3) is 0 Å². The van der Waals surface area contributed by atoms with Gasteiger partial charge in [-0.15, -0.1) is 0 Å². The molecule has 0 radical (unpaired) electrons. The van der Waals surface area contributed by atoms with Crippen molar-refractivity contribution in [3.05, 3.63) is 29.3 Å². The number of aryl methyl sites for hydroxylation is 1.